The zero-order valence-corrected chi connectivity index (χ0v) is 20.1. The van der Waals surface area contributed by atoms with Crippen molar-refractivity contribution in [2.24, 2.45) is 7.05 Å². The number of hydrogen-bond acceptors (Lipinski definition) is 4. The zero-order chi connectivity index (χ0) is 24.1. The van der Waals surface area contributed by atoms with Crippen molar-refractivity contribution in [2.75, 3.05) is 11.9 Å². The quantitative estimate of drug-likeness (QED) is 0.386. The molecule has 2 aromatic heterocycles. The van der Waals surface area contributed by atoms with Gasteiger partial charge in [-0.1, -0.05) is 67.1 Å². The van der Waals surface area contributed by atoms with Crippen molar-refractivity contribution in [3.63, 3.8) is 0 Å². The number of carbonyl (C=O) groups is 1. The molecule has 2 heterocycles. The molecule has 6 heteroatoms. The van der Waals surface area contributed by atoms with Crippen LogP contribution in [-0.2, 0) is 11.8 Å². The molecule has 1 amide bonds. The molecule has 0 bridgehead atoms. The van der Waals surface area contributed by atoms with Gasteiger partial charge in [-0.15, -0.1) is 0 Å². The summed E-state index contributed by atoms with van der Waals surface area (Å²) in [5.41, 5.74) is 6.42. The molecule has 0 unspecified atom stereocenters. The van der Waals surface area contributed by atoms with Gasteiger partial charge in [0.2, 0.25) is 5.91 Å². The Bertz CT molecular complexity index is 1250. The first-order valence-electron chi connectivity index (χ1n) is 11.5. The Morgan fingerprint density at radius 2 is 1.74 bits per heavy atom. The molecular weight excluding hydrogens is 422 g/mol. The summed E-state index contributed by atoms with van der Waals surface area (Å²) in [4.78, 5) is 17.8. The summed E-state index contributed by atoms with van der Waals surface area (Å²) in [6.45, 7) is 6.93. The minimum atomic E-state index is -0.491. The van der Waals surface area contributed by atoms with Gasteiger partial charge in [0.05, 0.1) is 6.20 Å². The SMILES string of the molecule is Cc1ccc([C@H](C)CN[C@H](C(=O)Nc2cc(C)c(-c3cnn(C)c3)cn2)c2ccccc2)cc1. The standard InChI is InChI=1S/C28H31N5O/c1-19-10-12-22(13-11-19)21(3)15-30-27(23-8-6-5-7-9-23)28(34)32-26-14-20(2)25(17-29-26)24-16-31-33(4)18-24/h5-14,16-18,21,27,30H,15H2,1-4H3,(H,29,32,34)/t21-,27+/m1/s1. The summed E-state index contributed by atoms with van der Waals surface area (Å²) in [5, 5.41) is 10.7. The fraction of sp³-hybridized carbons (Fsp3) is 0.250. The summed E-state index contributed by atoms with van der Waals surface area (Å²) < 4.78 is 1.76. The lowest BCUT2D eigenvalue weighted by Crippen LogP contribution is -2.35. The van der Waals surface area contributed by atoms with E-state index in [0.717, 1.165) is 22.3 Å². The van der Waals surface area contributed by atoms with Crippen LogP contribution in [0.4, 0.5) is 5.82 Å². The monoisotopic (exact) mass is 453 g/mol. The highest BCUT2D eigenvalue weighted by atomic mass is 16.2. The number of aryl methyl sites for hydroxylation is 3. The lowest BCUT2D eigenvalue weighted by atomic mass is 9.98. The van der Waals surface area contributed by atoms with E-state index in [4.69, 9.17) is 0 Å². The van der Waals surface area contributed by atoms with Gasteiger partial charge in [-0.25, -0.2) is 4.98 Å². The Hall–Kier alpha value is -3.77. The first-order chi connectivity index (χ1) is 16.4. The molecule has 0 saturated carbocycles. The average Bonchev–Trinajstić information content (AvgIpc) is 3.26. The first-order valence-corrected chi connectivity index (χ1v) is 11.5. The summed E-state index contributed by atoms with van der Waals surface area (Å²) in [6, 6.07) is 19.7. The summed E-state index contributed by atoms with van der Waals surface area (Å²) in [6.07, 6.45) is 5.55. The van der Waals surface area contributed by atoms with E-state index < -0.39 is 6.04 Å². The van der Waals surface area contributed by atoms with Gasteiger partial charge in [0.1, 0.15) is 11.9 Å². The number of nitrogens with zero attached hydrogens (tertiary/aromatic N) is 3. The van der Waals surface area contributed by atoms with E-state index in [9.17, 15) is 4.79 Å². The molecular formula is C28H31N5O. The second-order valence-corrected chi connectivity index (χ2v) is 8.84. The van der Waals surface area contributed by atoms with Gasteiger partial charge < -0.3 is 10.6 Å². The van der Waals surface area contributed by atoms with Crippen LogP contribution in [0, 0.1) is 13.8 Å². The van der Waals surface area contributed by atoms with Crippen LogP contribution in [0.5, 0.6) is 0 Å². The number of amides is 1. The van der Waals surface area contributed by atoms with Crippen molar-refractivity contribution in [1.29, 1.82) is 0 Å². The average molecular weight is 454 g/mol. The number of carbonyl (C=O) groups excluding carboxylic acids is 1. The summed E-state index contributed by atoms with van der Waals surface area (Å²) >= 11 is 0. The van der Waals surface area contributed by atoms with E-state index in [0.29, 0.717) is 12.4 Å². The number of aromatic nitrogens is 3. The normalized spacial score (nSPS) is 12.8. The number of nitrogens with one attached hydrogen (secondary N) is 2. The van der Waals surface area contributed by atoms with Crippen LogP contribution >= 0.6 is 0 Å². The third-order valence-corrected chi connectivity index (χ3v) is 6.05. The van der Waals surface area contributed by atoms with Gasteiger partial charge in [0.25, 0.3) is 0 Å². The molecule has 2 N–H and O–H groups in total. The molecule has 0 aliphatic carbocycles. The van der Waals surface area contributed by atoms with E-state index in [1.807, 2.05) is 62.8 Å². The molecule has 2 aromatic carbocycles. The Morgan fingerprint density at radius 3 is 2.38 bits per heavy atom. The van der Waals surface area contributed by atoms with Crippen LogP contribution in [0.25, 0.3) is 11.1 Å². The first kappa shape index (κ1) is 23.4. The summed E-state index contributed by atoms with van der Waals surface area (Å²) in [5.74, 6) is 0.659. The highest BCUT2D eigenvalue weighted by molar-refractivity contribution is 5.95. The Morgan fingerprint density at radius 1 is 1.00 bits per heavy atom. The number of pyridine rings is 1. The minimum absolute atomic E-state index is 0.136. The molecule has 0 aliphatic heterocycles. The maximum absolute atomic E-state index is 13.3. The van der Waals surface area contributed by atoms with Crippen LogP contribution < -0.4 is 10.6 Å². The molecule has 0 spiro atoms. The molecule has 0 fully saturated rings. The van der Waals surface area contributed by atoms with Crippen LogP contribution in [0.15, 0.2) is 79.3 Å². The molecule has 174 valence electrons. The van der Waals surface area contributed by atoms with Crippen molar-refractivity contribution in [3.05, 3.63) is 102 Å². The summed E-state index contributed by atoms with van der Waals surface area (Å²) in [7, 11) is 1.89. The van der Waals surface area contributed by atoms with Crippen molar-refractivity contribution >= 4 is 11.7 Å². The van der Waals surface area contributed by atoms with Crippen molar-refractivity contribution < 1.29 is 4.79 Å². The molecule has 0 saturated heterocycles. The maximum Gasteiger partial charge on any atom is 0.247 e. The fourth-order valence-electron chi connectivity index (χ4n) is 4.00. The number of hydrogen-bond donors (Lipinski definition) is 2. The van der Waals surface area contributed by atoms with Gasteiger partial charge in [0.15, 0.2) is 0 Å². The highest BCUT2D eigenvalue weighted by Crippen LogP contribution is 2.25. The topological polar surface area (TPSA) is 71.8 Å². The van der Waals surface area contributed by atoms with Crippen LogP contribution in [-0.4, -0.2) is 27.2 Å². The second kappa shape index (κ2) is 10.4. The molecule has 0 aliphatic rings. The van der Waals surface area contributed by atoms with Gasteiger partial charge in [0, 0.05) is 37.1 Å². The zero-order valence-electron chi connectivity index (χ0n) is 20.1. The molecule has 4 rings (SSSR count). The van der Waals surface area contributed by atoms with E-state index in [2.05, 4.69) is 58.8 Å². The Balaban J connectivity index is 1.49. The predicted octanol–water partition coefficient (Wildman–Crippen LogP) is 5.17. The molecule has 34 heavy (non-hydrogen) atoms. The Labute approximate surface area is 201 Å². The van der Waals surface area contributed by atoms with Crippen LogP contribution in [0.2, 0.25) is 0 Å². The van der Waals surface area contributed by atoms with Crippen LogP contribution in [0.1, 0.15) is 41.1 Å². The molecule has 2 atom stereocenters. The number of anilines is 1. The van der Waals surface area contributed by atoms with Crippen LogP contribution in [0.3, 0.4) is 0 Å². The van der Waals surface area contributed by atoms with E-state index >= 15 is 0 Å². The van der Waals surface area contributed by atoms with Gasteiger partial charge >= 0.3 is 0 Å². The lowest BCUT2D eigenvalue weighted by Gasteiger charge is -2.21. The van der Waals surface area contributed by atoms with E-state index in [1.165, 1.54) is 11.1 Å². The molecule has 0 radical (unpaired) electrons. The molecule has 4 aromatic rings. The fourth-order valence-corrected chi connectivity index (χ4v) is 4.00. The largest absolute Gasteiger partial charge is 0.309 e. The second-order valence-electron chi connectivity index (χ2n) is 8.84. The maximum atomic E-state index is 13.3. The third-order valence-electron chi connectivity index (χ3n) is 6.05. The minimum Gasteiger partial charge on any atom is -0.309 e. The van der Waals surface area contributed by atoms with Crippen molar-refractivity contribution in [2.45, 2.75) is 32.7 Å². The molecule has 6 nitrogen and oxygen atoms in total. The van der Waals surface area contributed by atoms with Crippen molar-refractivity contribution in [1.82, 2.24) is 20.1 Å². The van der Waals surface area contributed by atoms with Gasteiger partial charge in [-0.3, -0.25) is 9.48 Å². The third kappa shape index (κ3) is 5.58. The smallest absolute Gasteiger partial charge is 0.247 e. The lowest BCUT2D eigenvalue weighted by molar-refractivity contribution is -0.118. The van der Waals surface area contributed by atoms with Gasteiger partial charge in [-0.2, -0.15) is 5.10 Å². The van der Waals surface area contributed by atoms with Gasteiger partial charge in [-0.05, 0) is 42.5 Å². The van der Waals surface area contributed by atoms with E-state index in [1.54, 1.807) is 10.9 Å². The Kier molecular flexibility index (Phi) is 7.18. The van der Waals surface area contributed by atoms with Crippen molar-refractivity contribution in [3.8, 4) is 11.1 Å². The highest BCUT2D eigenvalue weighted by Gasteiger charge is 2.22. The van der Waals surface area contributed by atoms with E-state index in [-0.39, 0.29) is 11.8 Å². The predicted molar refractivity (Wildman–Crippen MR) is 137 cm³/mol. The number of benzene rings is 2. The number of rotatable bonds is 8.